The average molecular weight is 376 g/mol. The summed E-state index contributed by atoms with van der Waals surface area (Å²) in [5.41, 5.74) is 0.121. The van der Waals surface area contributed by atoms with Gasteiger partial charge in [-0.25, -0.2) is 13.2 Å². The van der Waals surface area contributed by atoms with Crippen molar-refractivity contribution < 1.29 is 13.2 Å². The van der Waals surface area contributed by atoms with Gasteiger partial charge in [0, 0.05) is 26.7 Å². The SMILES string of the molecule is CNC(CSc1ccccc1Br)c1ccc(F)c(F)c1F. The highest BCUT2D eigenvalue weighted by atomic mass is 79.9. The summed E-state index contributed by atoms with van der Waals surface area (Å²) in [5.74, 6) is -3.26. The highest BCUT2D eigenvalue weighted by molar-refractivity contribution is 9.10. The molecule has 0 amide bonds. The van der Waals surface area contributed by atoms with Gasteiger partial charge in [0.1, 0.15) is 0 Å². The van der Waals surface area contributed by atoms with E-state index in [1.54, 1.807) is 7.05 Å². The van der Waals surface area contributed by atoms with Gasteiger partial charge in [-0.05, 0) is 41.2 Å². The number of hydrogen-bond acceptors (Lipinski definition) is 2. The fourth-order valence-corrected chi connectivity index (χ4v) is 3.57. The highest BCUT2D eigenvalue weighted by Crippen LogP contribution is 2.31. The lowest BCUT2D eigenvalue weighted by atomic mass is 10.1. The van der Waals surface area contributed by atoms with Gasteiger partial charge >= 0.3 is 0 Å². The van der Waals surface area contributed by atoms with Crippen molar-refractivity contribution in [1.82, 2.24) is 5.32 Å². The average Bonchev–Trinajstić information content (AvgIpc) is 2.49. The van der Waals surface area contributed by atoms with E-state index in [9.17, 15) is 13.2 Å². The molecular weight excluding hydrogens is 363 g/mol. The van der Waals surface area contributed by atoms with Crippen LogP contribution in [0.5, 0.6) is 0 Å². The quantitative estimate of drug-likeness (QED) is 0.587. The molecule has 2 aromatic carbocycles. The van der Waals surface area contributed by atoms with Gasteiger partial charge in [-0.2, -0.15) is 0 Å². The summed E-state index contributed by atoms with van der Waals surface area (Å²) in [4.78, 5) is 1.00. The Kier molecular flexibility index (Phi) is 5.72. The molecule has 0 radical (unpaired) electrons. The number of halogens is 4. The first kappa shape index (κ1) is 16.4. The van der Waals surface area contributed by atoms with Crippen molar-refractivity contribution >= 4 is 27.7 Å². The molecule has 21 heavy (non-hydrogen) atoms. The Labute approximate surface area is 134 Å². The van der Waals surface area contributed by atoms with Crippen LogP contribution in [0.1, 0.15) is 11.6 Å². The van der Waals surface area contributed by atoms with Crippen LogP contribution in [0.2, 0.25) is 0 Å². The van der Waals surface area contributed by atoms with Gasteiger partial charge in [0.2, 0.25) is 0 Å². The molecule has 0 heterocycles. The first-order valence-corrected chi connectivity index (χ1v) is 8.00. The summed E-state index contributed by atoms with van der Waals surface area (Å²) in [6.45, 7) is 0. The van der Waals surface area contributed by atoms with Crippen LogP contribution >= 0.6 is 27.7 Å². The maximum absolute atomic E-state index is 13.8. The van der Waals surface area contributed by atoms with Crippen LogP contribution in [-0.4, -0.2) is 12.8 Å². The molecule has 1 atom stereocenters. The van der Waals surface area contributed by atoms with Gasteiger partial charge in [-0.15, -0.1) is 11.8 Å². The molecule has 0 saturated heterocycles. The van der Waals surface area contributed by atoms with Gasteiger partial charge in [0.15, 0.2) is 17.5 Å². The van der Waals surface area contributed by atoms with E-state index in [0.29, 0.717) is 5.75 Å². The number of hydrogen-bond donors (Lipinski definition) is 1. The Balaban J connectivity index is 2.18. The summed E-state index contributed by atoms with van der Waals surface area (Å²) < 4.78 is 41.1. The van der Waals surface area contributed by atoms with Gasteiger partial charge in [0.05, 0.1) is 0 Å². The molecule has 0 aromatic heterocycles. The molecule has 0 aliphatic carbocycles. The van der Waals surface area contributed by atoms with Crippen molar-refractivity contribution in [1.29, 1.82) is 0 Å². The van der Waals surface area contributed by atoms with E-state index in [2.05, 4.69) is 21.2 Å². The van der Waals surface area contributed by atoms with E-state index in [0.717, 1.165) is 15.4 Å². The monoisotopic (exact) mass is 375 g/mol. The Morgan fingerprint density at radius 3 is 2.48 bits per heavy atom. The predicted octanol–water partition coefficient (Wildman–Crippen LogP) is 4.92. The van der Waals surface area contributed by atoms with Gasteiger partial charge in [0.25, 0.3) is 0 Å². The first-order valence-electron chi connectivity index (χ1n) is 6.22. The standard InChI is InChI=1S/C15H13BrF3NS/c1-20-12(8-21-13-5-3-2-4-10(13)16)9-6-7-11(17)15(19)14(9)18/h2-7,12,20H,8H2,1H3. The molecule has 0 saturated carbocycles. The number of rotatable bonds is 5. The molecule has 0 aliphatic heterocycles. The fourth-order valence-electron chi connectivity index (χ4n) is 1.87. The zero-order valence-corrected chi connectivity index (χ0v) is 13.6. The van der Waals surface area contributed by atoms with Crippen LogP contribution in [0, 0.1) is 17.5 Å². The summed E-state index contributed by atoms with van der Waals surface area (Å²) >= 11 is 4.94. The third-order valence-corrected chi connectivity index (χ3v) is 5.15. The van der Waals surface area contributed by atoms with E-state index in [-0.39, 0.29) is 5.56 Å². The largest absolute Gasteiger partial charge is 0.312 e. The van der Waals surface area contributed by atoms with Crippen molar-refractivity contribution in [2.24, 2.45) is 0 Å². The molecule has 2 aromatic rings. The maximum Gasteiger partial charge on any atom is 0.194 e. The second-order valence-corrected chi connectivity index (χ2v) is 6.26. The second-order valence-electron chi connectivity index (χ2n) is 4.35. The first-order chi connectivity index (χ1) is 10.0. The molecule has 1 unspecified atom stereocenters. The molecule has 0 bridgehead atoms. The fraction of sp³-hybridized carbons (Fsp3) is 0.200. The molecule has 0 spiro atoms. The van der Waals surface area contributed by atoms with E-state index in [1.165, 1.54) is 17.8 Å². The summed E-state index contributed by atoms with van der Waals surface area (Å²) in [5, 5.41) is 2.93. The Hall–Kier alpha value is -0.980. The minimum absolute atomic E-state index is 0.121. The highest BCUT2D eigenvalue weighted by Gasteiger charge is 2.20. The van der Waals surface area contributed by atoms with Crippen molar-refractivity contribution in [3.05, 3.63) is 63.9 Å². The number of benzene rings is 2. The van der Waals surface area contributed by atoms with Gasteiger partial charge in [-0.1, -0.05) is 18.2 Å². The molecular formula is C15H13BrF3NS. The molecule has 2 rings (SSSR count). The lowest BCUT2D eigenvalue weighted by molar-refractivity contribution is 0.433. The van der Waals surface area contributed by atoms with E-state index in [1.807, 2.05) is 24.3 Å². The number of thioether (sulfide) groups is 1. The molecule has 1 nitrogen and oxygen atoms in total. The molecule has 112 valence electrons. The molecule has 0 aliphatic rings. The normalized spacial score (nSPS) is 12.4. The Morgan fingerprint density at radius 2 is 1.81 bits per heavy atom. The summed E-state index contributed by atoms with van der Waals surface area (Å²) in [7, 11) is 1.66. The third-order valence-electron chi connectivity index (χ3n) is 3.03. The minimum Gasteiger partial charge on any atom is -0.312 e. The lowest BCUT2D eigenvalue weighted by Crippen LogP contribution is -2.20. The topological polar surface area (TPSA) is 12.0 Å². The molecule has 6 heteroatoms. The van der Waals surface area contributed by atoms with Crippen molar-refractivity contribution in [3.8, 4) is 0 Å². The maximum atomic E-state index is 13.8. The summed E-state index contributed by atoms with van der Waals surface area (Å²) in [6.07, 6.45) is 0. The minimum atomic E-state index is -1.43. The smallest absolute Gasteiger partial charge is 0.194 e. The van der Waals surface area contributed by atoms with Crippen LogP contribution in [0.15, 0.2) is 45.8 Å². The lowest BCUT2D eigenvalue weighted by Gasteiger charge is -2.17. The van der Waals surface area contributed by atoms with E-state index < -0.39 is 23.5 Å². The van der Waals surface area contributed by atoms with Crippen LogP contribution in [0.3, 0.4) is 0 Å². The third kappa shape index (κ3) is 3.81. The second kappa shape index (κ2) is 7.33. The van der Waals surface area contributed by atoms with Crippen molar-refractivity contribution in [3.63, 3.8) is 0 Å². The van der Waals surface area contributed by atoms with Crippen molar-refractivity contribution in [2.45, 2.75) is 10.9 Å². The Morgan fingerprint density at radius 1 is 1.10 bits per heavy atom. The zero-order chi connectivity index (χ0) is 15.4. The van der Waals surface area contributed by atoms with Crippen LogP contribution in [0.25, 0.3) is 0 Å². The van der Waals surface area contributed by atoms with Gasteiger partial charge < -0.3 is 5.32 Å². The van der Waals surface area contributed by atoms with Gasteiger partial charge in [-0.3, -0.25) is 0 Å². The molecule has 0 fully saturated rings. The van der Waals surface area contributed by atoms with Crippen LogP contribution in [-0.2, 0) is 0 Å². The molecule has 1 N–H and O–H groups in total. The summed E-state index contributed by atoms with van der Waals surface area (Å²) in [6, 6.07) is 9.45. The zero-order valence-electron chi connectivity index (χ0n) is 11.2. The Bertz CT molecular complexity index is 636. The predicted molar refractivity (Wildman–Crippen MR) is 83.0 cm³/mol. The van der Waals surface area contributed by atoms with E-state index in [4.69, 9.17) is 0 Å². The van der Waals surface area contributed by atoms with E-state index >= 15 is 0 Å². The van der Waals surface area contributed by atoms with Crippen molar-refractivity contribution in [2.75, 3.05) is 12.8 Å². The number of nitrogens with one attached hydrogen (secondary N) is 1. The van der Waals surface area contributed by atoms with Crippen LogP contribution in [0.4, 0.5) is 13.2 Å². The van der Waals surface area contributed by atoms with Crippen LogP contribution < -0.4 is 5.32 Å².